The average Bonchev–Trinajstić information content (AvgIpc) is 3.41. The van der Waals surface area contributed by atoms with E-state index >= 15 is 0 Å². The number of aryl methyl sites for hydroxylation is 1. The zero-order chi connectivity index (χ0) is 26.8. The normalized spacial score (nSPS) is 18.3. The number of amides is 2. The van der Waals surface area contributed by atoms with Crippen molar-refractivity contribution < 1.29 is 14.2 Å². The van der Waals surface area contributed by atoms with Gasteiger partial charge in [0.05, 0.1) is 16.1 Å². The molecule has 2 amide bonds. The number of fused-ring (bicyclic) bond motifs is 1. The molecule has 10 heteroatoms. The molecule has 0 radical (unpaired) electrons. The molecule has 2 aromatic heterocycles. The first-order chi connectivity index (χ1) is 18.1. The predicted octanol–water partition coefficient (Wildman–Crippen LogP) is 5.39. The lowest BCUT2D eigenvalue weighted by atomic mass is 10.0. The first-order valence-corrected chi connectivity index (χ1v) is 16.6. The minimum Gasteiger partial charge on any atom is -0.331 e. The van der Waals surface area contributed by atoms with Crippen LogP contribution in [0.4, 0.5) is 16.8 Å². The van der Waals surface area contributed by atoms with E-state index in [1.165, 1.54) is 24.2 Å². The Kier molecular flexibility index (Phi) is 6.19. The average molecular weight is 550 g/mol. The number of benzene rings is 1. The number of nitrogens with one attached hydrogen (secondary N) is 1. The fourth-order valence-corrected chi connectivity index (χ4v) is 7.72. The molecular weight excluding hydrogens is 517 g/mol. The van der Waals surface area contributed by atoms with Crippen molar-refractivity contribution >= 4 is 52.4 Å². The first kappa shape index (κ1) is 25.3. The Hall–Kier alpha value is -3.03. The summed E-state index contributed by atoms with van der Waals surface area (Å²) < 4.78 is 13.4. The maximum Gasteiger partial charge on any atom is 0.255 e. The number of aromatic nitrogens is 2. The minimum absolute atomic E-state index is 0.00990. The zero-order valence-electron chi connectivity index (χ0n) is 22.2. The van der Waals surface area contributed by atoms with Gasteiger partial charge in [-0.25, -0.2) is 9.97 Å². The van der Waals surface area contributed by atoms with Gasteiger partial charge in [-0.15, -0.1) is 0 Å². The molecule has 198 valence electrons. The number of carbonyl (C=O) groups is 2. The molecule has 0 unspecified atom stereocenters. The fraction of sp³-hybridized carbons (Fsp3) is 0.429. The minimum atomic E-state index is -2.71. The molecule has 1 aromatic carbocycles. The van der Waals surface area contributed by atoms with Crippen LogP contribution in [0.25, 0.3) is 10.4 Å². The summed E-state index contributed by atoms with van der Waals surface area (Å²) in [6.45, 7) is 8.82. The maximum atomic E-state index is 13.5. The SMILES string of the molecule is Cc1nc(Nc2cccc(N3CCCC3=O)n2)sc1-c1cc2c(c(P(C)(C)=O)c1)C(=O)N([C@@H](C)C1CC1)C2. The van der Waals surface area contributed by atoms with Gasteiger partial charge in [0.2, 0.25) is 5.91 Å². The van der Waals surface area contributed by atoms with Crippen LogP contribution in [0.15, 0.2) is 30.3 Å². The van der Waals surface area contributed by atoms with Gasteiger partial charge in [-0.3, -0.25) is 14.5 Å². The molecule has 38 heavy (non-hydrogen) atoms. The highest BCUT2D eigenvalue weighted by molar-refractivity contribution is 7.70. The van der Waals surface area contributed by atoms with Gasteiger partial charge in [0.1, 0.15) is 18.8 Å². The largest absolute Gasteiger partial charge is 0.331 e. The van der Waals surface area contributed by atoms with Crippen molar-refractivity contribution in [1.82, 2.24) is 14.9 Å². The molecule has 2 aliphatic heterocycles. The molecule has 3 aliphatic rings. The van der Waals surface area contributed by atoms with Crippen LogP contribution in [0.1, 0.15) is 54.2 Å². The number of thiazole rings is 1. The molecule has 0 bridgehead atoms. The third kappa shape index (κ3) is 4.56. The van der Waals surface area contributed by atoms with Gasteiger partial charge in [-0.2, -0.15) is 0 Å². The van der Waals surface area contributed by atoms with Gasteiger partial charge in [0.25, 0.3) is 5.91 Å². The van der Waals surface area contributed by atoms with Crippen molar-refractivity contribution in [3.63, 3.8) is 0 Å². The van der Waals surface area contributed by atoms with Gasteiger partial charge in [-0.1, -0.05) is 17.4 Å². The monoisotopic (exact) mass is 549 g/mol. The van der Waals surface area contributed by atoms with Gasteiger partial charge < -0.3 is 14.8 Å². The lowest BCUT2D eigenvalue weighted by Gasteiger charge is -2.24. The molecule has 1 aliphatic carbocycles. The molecule has 1 atom stereocenters. The summed E-state index contributed by atoms with van der Waals surface area (Å²) in [4.78, 5) is 39.6. The van der Waals surface area contributed by atoms with E-state index in [9.17, 15) is 14.2 Å². The van der Waals surface area contributed by atoms with Crippen molar-refractivity contribution in [2.45, 2.75) is 52.1 Å². The molecule has 1 saturated heterocycles. The van der Waals surface area contributed by atoms with Crippen molar-refractivity contribution in [3.05, 3.63) is 47.2 Å². The molecule has 2 fully saturated rings. The summed E-state index contributed by atoms with van der Waals surface area (Å²) in [6.07, 6.45) is 3.74. The second-order valence-corrected chi connectivity index (χ2v) is 15.2. The van der Waals surface area contributed by atoms with Gasteiger partial charge in [0, 0.05) is 30.9 Å². The topological polar surface area (TPSA) is 95.5 Å². The van der Waals surface area contributed by atoms with E-state index in [0.29, 0.717) is 53.1 Å². The zero-order valence-corrected chi connectivity index (χ0v) is 23.9. The summed E-state index contributed by atoms with van der Waals surface area (Å²) in [6, 6.07) is 9.80. The van der Waals surface area contributed by atoms with E-state index in [1.807, 2.05) is 36.1 Å². The summed E-state index contributed by atoms with van der Waals surface area (Å²) in [7, 11) is -2.71. The highest BCUT2D eigenvalue weighted by atomic mass is 32.1. The highest BCUT2D eigenvalue weighted by Crippen LogP contribution is 2.44. The van der Waals surface area contributed by atoms with E-state index in [0.717, 1.165) is 28.1 Å². The summed E-state index contributed by atoms with van der Waals surface area (Å²) >= 11 is 1.50. The molecule has 6 rings (SSSR count). The van der Waals surface area contributed by atoms with Crippen LogP contribution in [0.2, 0.25) is 0 Å². The van der Waals surface area contributed by atoms with E-state index in [2.05, 4.69) is 23.3 Å². The number of carbonyl (C=O) groups excluding carboxylic acids is 2. The van der Waals surface area contributed by atoms with Crippen molar-refractivity contribution in [1.29, 1.82) is 0 Å². The lowest BCUT2D eigenvalue weighted by molar-refractivity contribution is -0.117. The number of rotatable bonds is 7. The van der Waals surface area contributed by atoms with E-state index in [4.69, 9.17) is 4.98 Å². The molecule has 0 spiro atoms. The van der Waals surface area contributed by atoms with Crippen molar-refractivity contribution in [2.75, 3.05) is 30.1 Å². The molecular formula is C28H32N5O3PS. The van der Waals surface area contributed by atoms with Crippen LogP contribution in [-0.4, -0.2) is 52.6 Å². The van der Waals surface area contributed by atoms with Gasteiger partial charge >= 0.3 is 0 Å². The Balaban J connectivity index is 1.32. The molecule has 1 N–H and O–H groups in total. The Morgan fingerprint density at radius 2 is 1.95 bits per heavy atom. The summed E-state index contributed by atoms with van der Waals surface area (Å²) in [5.74, 6) is 1.95. The van der Waals surface area contributed by atoms with Crippen LogP contribution in [0.5, 0.6) is 0 Å². The summed E-state index contributed by atoms with van der Waals surface area (Å²) in [5.41, 5.74) is 3.37. The van der Waals surface area contributed by atoms with Crippen LogP contribution < -0.4 is 15.5 Å². The highest BCUT2D eigenvalue weighted by Gasteiger charge is 2.41. The van der Waals surface area contributed by atoms with Crippen LogP contribution in [0.3, 0.4) is 0 Å². The number of hydrogen-bond donors (Lipinski definition) is 1. The van der Waals surface area contributed by atoms with E-state index < -0.39 is 7.14 Å². The maximum absolute atomic E-state index is 13.5. The second-order valence-electron chi connectivity index (χ2n) is 11.0. The lowest BCUT2D eigenvalue weighted by Crippen LogP contribution is -2.35. The standard InChI is InChI=1S/C28H32N5O3PS/c1-16-26(38-28(29-16)31-22-7-5-8-23(30-22)32-12-6-9-24(32)34)19-13-20-15-33(17(2)18-10-11-18)27(35)25(20)21(14-19)37(3,4)36/h5,7-8,13-14,17-18H,6,9-12,15H2,1-4H3,(H,29,30,31)/t17-/m0/s1. The Morgan fingerprint density at radius 3 is 2.63 bits per heavy atom. The Morgan fingerprint density at radius 1 is 1.16 bits per heavy atom. The number of hydrogen-bond acceptors (Lipinski definition) is 7. The molecule has 8 nitrogen and oxygen atoms in total. The van der Waals surface area contributed by atoms with Crippen LogP contribution in [0, 0.1) is 12.8 Å². The summed E-state index contributed by atoms with van der Waals surface area (Å²) in [5, 5.41) is 4.65. The fourth-order valence-electron chi connectivity index (χ4n) is 5.53. The third-order valence-electron chi connectivity index (χ3n) is 7.77. The predicted molar refractivity (Wildman–Crippen MR) is 153 cm³/mol. The number of nitrogens with zero attached hydrogens (tertiary/aromatic N) is 4. The van der Waals surface area contributed by atoms with E-state index in [1.54, 1.807) is 18.2 Å². The third-order valence-corrected chi connectivity index (χ3v) is 10.4. The second kappa shape index (κ2) is 9.31. The number of anilines is 3. The Labute approximate surface area is 226 Å². The van der Waals surface area contributed by atoms with Crippen molar-refractivity contribution in [3.8, 4) is 10.4 Å². The van der Waals surface area contributed by atoms with E-state index in [-0.39, 0.29) is 17.9 Å². The van der Waals surface area contributed by atoms with Crippen molar-refractivity contribution in [2.24, 2.45) is 5.92 Å². The van der Waals surface area contributed by atoms with Crippen LogP contribution in [-0.2, 0) is 15.9 Å². The number of pyridine rings is 1. The first-order valence-electron chi connectivity index (χ1n) is 13.2. The quantitative estimate of drug-likeness (QED) is 0.397. The van der Waals surface area contributed by atoms with Gasteiger partial charge in [-0.05, 0) is 87.7 Å². The van der Waals surface area contributed by atoms with Gasteiger partial charge in [0.15, 0.2) is 5.13 Å². The molecule has 4 heterocycles. The molecule has 3 aromatic rings. The Bertz CT molecular complexity index is 1510. The smallest absolute Gasteiger partial charge is 0.255 e. The van der Waals surface area contributed by atoms with Crippen LogP contribution >= 0.6 is 18.5 Å². The molecule has 1 saturated carbocycles.